The highest BCUT2D eigenvalue weighted by Crippen LogP contribution is 2.26. The van der Waals surface area contributed by atoms with Crippen LogP contribution < -0.4 is 10.6 Å². The Bertz CT molecular complexity index is 703. The lowest BCUT2D eigenvalue weighted by Crippen LogP contribution is -2.52. The molecule has 126 valence electrons. The van der Waals surface area contributed by atoms with Gasteiger partial charge in [-0.15, -0.1) is 11.3 Å². The van der Waals surface area contributed by atoms with Gasteiger partial charge >= 0.3 is 0 Å². The van der Waals surface area contributed by atoms with Crippen molar-refractivity contribution in [2.75, 3.05) is 19.6 Å². The number of thiophene rings is 1. The summed E-state index contributed by atoms with van der Waals surface area (Å²) in [5, 5.41) is 7.58. The van der Waals surface area contributed by atoms with E-state index in [4.69, 9.17) is 0 Å². The molecular weight excluding hydrogens is 329 g/mol. The van der Waals surface area contributed by atoms with Crippen molar-refractivity contribution in [2.45, 2.75) is 12.6 Å². The van der Waals surface area contributed by atoms with Gasteiger partial charge < -0.3 is 10.6 Å². The SMILES string of the molecule is O=C(CN1CCNC(=O)[C@@H]1c1cccs1)NCc1ccc(F)cc1. The van der Waals surface area contributed by atoms with Crippen LogP contribution in [0.15, 0.2) is 41.8 Å². The third-order valence-electron chi connectivity index (χ3n) is 3.87. The fourth-order valence-corrected chi connectivity index (χ4v) is 3.54. The van der Waals surface area contributed by atoms with Crippen LogP contribution in [0.4, 0.5) is 4.39 Å². The van der Waals surface area contributed by atoms with Crippen molar-refractivity contribution >= 4 is 23.2 Å². The van der Waals surface area contributed by atoms with Crippen molar-refractivity contribution in [1.29, 1.82) is 0 Å². The second kappa shape index (κ2) is 7.55. The van der Waals surface area contributed by atoms with Crippen LogP contribution in [0.2, 0.25) is 0 Å². The number of halogens is 1. The highest BCUT2D eigenvalue weighted by atomic mass is 32.1. The van der Waals surface area contributed by atoms with Crippen LogP contribution in [0.1, 0.15) is 16.5 Å². The van der Waals surface area contributed by atoms with Crippen LogP contribution >= 0.6 is 11.3 Å². The molecule has 1 aromatic heterocycles. The van der Waals surface area contributed by atoms with Crippen LogP contribution in [0, 0.1) is 5.82 Å². The van der Waals surface area contributed by atoms with E-state index in [1.54, 1.807) is 12.1 Å². The highest BCUT2D eigenvalue weighted by molar-refractivity contribution is 7.10. The first kappa shape index (κ1) is 16.6. The Hall–Kier alpha value is -2.25. The summed E-state index contributed by atoms with van der Waals surface area (Å²) in [6.45, 7) is 1.64. The van der Waals surface area contributed by atoms with Crippen LogP contribution in [0.5, 0.6) is 0 Å². The lowest BCUT2D eigenvalue weighted by atomic mass is 10.1. The van der Waals surface area contributed by atoms with E-state index < -0.39 is 6.04 Å². The lowest BCUT2D eigenvalue weighted by molar-refractivity contribution is -0.131. The van der Waals surface area contributed by atoms with E-state index in [2.05, 4.69) is 10.6 Å². The molecule has 1 saturated heterocycles. The number of hydrogen-bond donors (Lipinski definition) is 2. The molecule has 1 fully saturated rings. The number of piperazine rings is 1. The maximum Gasteiger partial charge on any atom is 0.242 e. The summed E-state index contributed by atoms with van der Waals surface area (Å²) < 4.78 is 12.9. The third-order valence-corrected chi connectivity index (χ3v) is 4.80. The summed E-state index contributed by atoms with van der Waals surface area (Å²) in [6, 6.07) is 9.39. The van der Waals surface area contributed by atoms with Crippen molar-refractivity contribution in [2.24, 2.45) is 0 Å². The molecule has 1 aliphatic rings. The molecule has 7 heteroatoms. The number of nitrogens with zero attached hydrogens (tertiary/aromatic N) is 1. The zero-order valence-corrected chi connectivity index (χ0v) is 13.8. The molecule has 0 aliphatic carbocycles. The van der Waals surface area contributed by atoms with Crippen molar-refractivity contribution in [1.82, 2.24) is 15.5 Å². The Labute approximate surface area is 143 Å². The van der Waals surface area contributed by atoms with E-state index in [1.165, 1.54) is 23.5 Å². The molecule has 3 rings (SSSR count). The number of carbonyl (C=O) groups is 2. The van der Waals surface area contributed by atoms with Gasteiger partial charge in [0.2, 0.25) is 11.8 Å². The Balaban J connectivity index is 1.59. The third kappa shape index (κ3) is 3.98. The molecule has 0 saturated carbocycles. The average Bonchev–Trinajstić information content (AvgIpc) is 3.08. The normalized spacial score (nSPS) is 18.2. The minimum absolute atomic E-state index is 0.0740. The van der Waals surface area contributed by atoms with E-state index in [-0.39, 0.29) is 24.2 Å². The number of nitrogens with one attached hydrogen (secondary N) is 2. The van der Waals surface area contributed by atoms with Gasteiger partial charge in [0, 0.05) is 24.5 Å². The van der Waals surface area contributed by atoms with Gasteiger partial charge in [0.15, 0.2) is 0 Å². The van der Waals surface area contributed by atoms with Crippen LogP contribution in [0.3, 0.4) is 0 Å². The number of rotatable bonds is 5. The van der Waals surface area contributed by atoms with E-state index >= 15 is 0 Å². The fourth-order valence-electron chi connectivity index (χ4n) is 2.68. The van der Waals surface area contributed by atoms with Gasteiger partial charge in [0.05, 0.1) is 6.54 Å². The summed E-state index contributed by atoms with van der Waals surface area (Å²) in [4.78, 5) is 27.2. The lowest BCUT2D eigenvalue weighted by Gasteiger charge is -2.33. The fraction of sp³-hybridized carbons (Fsp3) is 0.294. The van der Waals surface area contributed by atoms with Gasteiger partial charge in [0.1, 0.15) is 11.9 Å². The maximum atomic E-state index is 12.9. The molecule has 2 N–H and O–H groups in total. The standard InChI is InChI=1S/C17H18FN3O2S/c18-13-5-3-12(4-6-13)10-20-15(22)11-21-8-7-19-17(23)16(21)14-2-1-9-24-14/h1-6,9,16H,7-8,10-11H2,(H,19,23)(H,20,22)/t16-/m0/s1. The Kier molecular flexibility index (Phi) is 5.22. The van der Waals surface area contributed by atoms with E-state index in [0.29, 0.717) is 19.6 Å². The highest BCUT2D eigenvalue weighted by Gasteiger charge is 2.32. The molecule has 2 aromatic rings. The predicted octanol–water partition coefficient (Wildman–Crippen LogP) is 1.68. The van der Waals surface area contributed by atoms with Gasteiger partial charge in [-0.05, 0) is 29.1 Å². The molecule has 2 heterocycles. The van der Waals surface area contributed by atoms with Crippen molar-refractivity contribution in [3.8, 4) is 0 Å². The monoisotopic (exact) mass is 347 g/mol. The molecule has 1 atom stereocenters. The summed E-state index contributed by atoms with van der Waals surface area (Å²) in [7, 11) is 0. The minimum Gasteiger partial charge on any atom is -0.353 e. The second-order valence-electron chi connectivity index (χ2n) is 5.58. The molecule has 0 bridgehead atoms. The number of carbonyl (C=O) groups excluding carboxylic acids is 2. The molecule has 0 radical (unpaired) electrons. The van der Waals surface area contributed by atoms with Gasteiger partial charge in [-0.3, -0.25) is 14.5 Å². The maximum absolute atomic E-state index is 12.9. The molecule has 1 aromatic carbocycles. The largest absolute Gasteiger partial charge is 0.353 e. The van der Waals surface area contributed by atoms with E-state index in [0.717, 1.165) is 10.4 Å². The van der Waals surface area contributed by atoms with Crippen LogP contribution in [-0.2, 0) is 16.1 Å². The van der Waals surface area contributed by atoms with Gasteiger partial charge in [-0.25, -0.2) is 4.39 Å². The number of hydrogen-bond acceptors (Lipinski definition) is 4. The summed E-state index contributed by atoms with van der Waals surface area (Å²) >= 11 is 1.51. The molecule has 24 heavy (non-hydrogen) atoms. The summed E-state index contributed by atoms with van der Waals surface area (Å²) in [6.07, 6.45) is 0. The zero-order valence-electron chi connectivity index (χ0n) is 13.0. The molecular formula is C17H18FN3O2S. The molecule has 0 spiro atoms. The Morgan fingerprint density at radius 3 is 2.83 bits per heavy atom. The van der Waals surface area contributed by atoms with Crippen LogP contribution in [-0.4, -0.2) is 36.3 Å². The second-order valence-corrected chi connectivity index (χ2v) is 6.56. The van der Waals surface area contributed by atoms with Gasteiger partial charge in [0.25, 0.3) is 0 Å². The van der Waals surface area contributed by atoms with Crippen molar-refractivity contribution in [3.05, 3.63) is 58.0 Å². The first-order valence-corrected chi connectivity index (χ1v) is 8.58. The molecule has 2 amide bonds. The quantitative estimate of drug-likeness (QED) is 0.865. The Morgan fingerprint density at radius 2 is 2.12 bits per heavy atom. The first-order chi connectivity index (χ1) is 11.6. The number of amides is 2. The minimum atomic E-state index is -0.421. The van der Waals surface area contributed by atoms with Crippen LogP contribution in [0.25, 0.3) is 0 Å². The van der Waals surface area contributed by atoms with E-state index in [1.807, 2.05) is 22.4 Å². The molecule has 5 nitrogen and oxygen atoms in total. The number of benzene rings is 1. The summed E-state index contributed by atoms with van der Waals surface area (Å²) in [5.41, 5.74) is 0.830. The first-order valence-electron chi connectivity index (χ1n) is 7.70. The molecule has 1 aliphatic heterocycles. The molecule has 0 unspecified atom stereocenters. The van der Waals surface area contributed by atoms with Crippen molar-refractivity contribution < 1.29 is 14.0 Å². The van der Waals surface area contributed by atoms with Gasteiger partial charge in [-0.2, -0.15) is 0 Å². The smallest absolute Gasteiger partial charge is 0.242 e. The van der Waals surface area contributed by atoms with Crippen molar-refractivity contribution in [3.63, 3.8) is 0 Å². The zero-order chi connectivity index (χ0) is 16.9. The average molecular weight is 347 g/mol. The summed E-state index contributed by atoms with van der Waals surface area (Å²) in [5.74, 6) is -0.534. The Morgan fingerprint density at radius 1 is 1.33 bits per heavy atom. The topological polar surface area (TPSA) is 61.4 Å². The van der Waals surface area contributed by atoms with E-state index in [9.17, 15) is 14.0 Å². The predicted molar refractivity (Wildman–Crippen MR) is 89.9 cm³/mol. The van der Waals surface area contributed by atoms with Gasteiger partial charge in [-0.1, -0.05) is 18.2 Å².